The Morgan fingerprint density at radius 3 is 2.57 bits per heavy atom. The van der Waals surface area contributed by atoms with Crippen LogP contribution in [0.15, 0.2) is 29.8 Å². The SMILES string of the molecule is COc1ccc2c3c(n(C(=O)OC(C)(C)C)c2c1)C1CC=C(COC(OC)C(Br)(Br)Br)CN1CC3. The average Bonchev–Trinajstić information content (AvgIpc) is 3.11. The molecular weight excluding hydrogens is 648 g/mol. The van der Waals surface area contributed by atoms with Crippen LogP contribution in [-0.4, -0.2) is 63.5 Å². The molecule has 3 heterocycles. The van der Waals surface area contributed by atoms with Crippen molar-refractivity contribution < 1.29 is 23.7 Å². The van der Waals surface area contributed by atoms with E-state index >= 15 is 0 Å². The molecule has 0 bridgehead atoms. The van der Waals surface area contributed by atoms with Crippen molar-refractivity contribution in [2.75, 3.05) is 33.9 Å². The maximum Gasteiger partial charge on any atom is 0.419 e. The Morgan fingerprint density at radius 2 is 1.94 bits per heavy atom. The summed E-state index contributed by atoms with van der Waals surface area (Å²) in [5, 5.41) is 1.08. The van der Waals surface area contributed by atoms with Gasteiger partial charge in [-0.2, -0.15) is 0 Å². The number of hydrogen-bond donors (Lipinski definition) is 0. The van der Waals surface area contributed by atoms with Crippen molar-refractivity contribution in [2.24, 2.45) is 0 Å². The van der Waals surface area contributed by atoms with E-state index in [0.717, 1.165) is 42.5 Å². The molecule has 7 nitrogen and oxygen atoms in total. The number of ether oxygens (including phenoxy) is 4. The van der Waals surface area contributed by atoms with E-state index in [1.54, 1.807) is 18.8 Å². The van der Waals surface area contributed by atoms with Gasteiger partial charge < -0.3 is 18.9 Å². The smallest absolute Gasteiger partial charge is 0.419 e. The molecular formula is C25H31Br3N2O5. The average molecular weight is 679 g/mol. The highest BCUT2D eigenvalue weighted by atomic mass is 80.0. The third kappa shape index (κ3) is 5.83. The van der Waals surface area contributed by atoms with Crippen LogP contribution < -0.4 is 4.74 Å². The fourth-order valence-electron chi connectivity index (χ4n) is 4.82. The minimum Gasteiger partial charge on any atom is -0.497 e. The zero-order chi connectivity index (χ0) is 25.5. The van der Waals surface area contributed by atoms with Crippen LogP contribution in [0.3, 0.4) is 0 Å². The summed E-state index contributed by atoms with van der Waals surface area (Å²) >= 11 is 10.4. The number of halogens is 3. The fraction of sp³-hybridized carbons (Fsp3) is 0.560. The molecule has 0 amide bonds. The van der Waals surface area contributed by atoms with E-state index in [4.69, 9.17) is 18.9 Å². The maximum absolute atomic E-state index is 13.5. The number of hydrogen-bond acceptors (Lipinski definition) is 6. The third-order valence-electron chi connectivity index (χ3n) is 6.24. The van der Waals surface area contributed by atoms with Crippen LogP contribution in [0.5, 0.6) is 5.75 Å². The highest BCUT2D eigenvalue weighted by Crippen LogP contribution is 2.43. The highest BCUT2D eigenvalue weighted by molar-refractivity contribution is 9.39. The summed E-state index contributed by atoms with van der Waals surface area (Å²) in [5.74, 6) is 0.714. The Labute approximate surface area is 231 Å². The van der Waals surface area contributed by atoms with Crippen molar-refractivity contribution in [3.63, 3.8) is 0 Å². The molecule has 0 spiro atoms. The quantitative estimate of drug-likeness (QED) is 0.205. The zero-order valence-corrected chi connectivity index (χ0v) is 25.3. The van der Waals surface area contributed by atoms with Gasteiger partial charge in [0.2, 0.25) is 0 Å². The minimum absolute atomic E-state index is 0.0780. The Hall–Kier alpha value is -0.910. The Bertz CT molecular complexity index is 1130. The van der Waals surface area contributed by atoms with E-state index in [0.29, 0.717) is 12.4 Å². The second kappa shape index (κ2) is 10.5. The first kappa shape index (κ1) is 27.1. The molecule has 0 saturated carbocycles. The fourth-order valence-corrected chi connectivity index (χ4v) is 5.78. The van der Waals surface area contributed by atoms with Gasteiger partial charge in [-0.15, -0.1) is 0 Å². The number of nitrogens with zero attached hydrogens (tertiary/aromatic N) is 2. The third-order valence-corrected chi connectivity index (χ3v) is 7.36. The summed E-state index contributed by atoms with van der Waals surface area (Å²) in [7, 11) is 3.24. The summed E-state index contributed by atoms with van der Waals surface area (Å²) in [6.45, 7) is 7.79. The van der Waals surface area contributed by atoms with Crippen molar-refractivity contribution >= 4 is 64.8 Å². The van der Waals surface area contributed by atoms with E-state index in [9.17, 15) is 4.79 Å². The largest absolute Gasteiger partial charge is 0.497 e. The van der Waals surface area contributed by atoms with Crippen molar-refractivity contribution in [1.82, 2.24) is 9.47 Å². The normalized spacial score (nSPS) is 19.7. The molecule has 0 saturated heterocycles. The molecule has 192 valence electrons. The van der Waals surface area contributed by atoms with E-state index in [-0.39, 0.29) is 12.1 Å². The van der Waals surface area contributed by atoms with Gasteiger partial charge in [-0.05, 0) is 56.9 Å². The molecule has 2 aliphatic rings. The number of fused-ring (bicyclic) bond motifs is 5. The van der Waals surface area contributed by atoms with E-state index in [1.807, 2.05) is 32.9 Å². The van der Waals surface area contributed by atoms with Crippen LogP contribution >= 0.6 is 47.8 Å². The number of carbonyl (C=O) groups is 1. The number of aromatic nitrogens is 1. The van der Waals surface area contributed by atoms with E-state index in [2.05, 4.69) is 64.8 Å². The molecule has 2 atom stereocenters. The Morgan fingerprint density at radius 1 is 1.20 bits per heavy atom. The van der Waals surface area contributed by atoms with Crippen LogP contribution in [0.1, 0.15) is 44.5 Å². The van der Waals surface area contributed by atoms with Crippen molar-refractivity contribution in [3.05, 3.63) is 41.1 Å². The molecule has 0 fully saturated rings. The predicted octanol–water partition coefficient (Wildman–Crippen LogP) is 6.49. The lowest BCUT2D eigenvalue weighted by Gasteiger charge is -2.40. The van der Waals surface area contributed by atoms with E-state index in [1.165, 1.54) is 11.1 Å². The van der Waals surface area contributed by atoms with Crippen LogP contribution in [0.2, 0.25) is 0 Å². The van der Waals surface area contributed by atoms with Crippen molar-refractivity contribution in [1.29, 1.82) is 0 Å². The molecule has 4 rings (SSSR count). The summed E-state index contributed by atoms with van der Waals surface area (Å²) in [4.78, 5) is 15.9. The molecule has 0 N–H and O–H groups in total. The van der Waals surface area contributed by atoms with Gasteiger partial charge in [0.05, 0.1) is 31.0 Å². The summed E-state index contributed by atoms with van der Waals surface area (Å²) < 4.78 is 23.8. The van der Waals surface area contributed by atoms with Crippen LogP contribution in [0.4, 0.5) is 4.79 Å². The second-order valence-electron chi connectivity index (χ2n) is 9.82. The highest BCUT2D eigenvalue weighted by Gasteiger charge is 2.38. The number of carbonyl (C=O) groups excluding carboxylic acids is 1. The van der Waals surface area contributed by atoms with E-state index < -0.39 is 14.0 Å². The van der Waals surface area contributed by atoms with Gasteiger partial charge in [0, 0.05) is 31.7 Å². The van der Waals surface area contributed by atoms with Gasteiger partial charge in [-0.3, -0.25) is 4.90 Å². The lowest BCUT2D eigenvalue weighted by Crippen LogP contribution is -2.41. The van der Waals surface area contributed by atoms with Gasteiger partial charge in [-0.25, -0.2) is 9.36 Å². The van der Waals surface area contributed by atoms with Gasteiger partial charge in [-0.1, -0.05) is 53.9 Å². The summed E-state index contributed by atoms with van der Waals surface area (Å²) in [5.41, 5.74) is 3.64. The molecule has 1 aromatic heterocycles. The lowest BCUT2D eigenvalue weighted by molar-refractivity contribution is -0.108. The topological polar surface area (TPSA) is 62.2 Å². The lowest BCUT2D eigenvalue weighted by atomic mass is 9.91. The number of methoxy groups -OCH3 is 2. The summed E-state index contributed by atoms with van der Waals surface area (Å²) in [6, 6.07) is 6.01. The van der Waals surface area contributed by atoms with Crippen LogP contribution in [0.25, 0.3) is 10.9 Å². The van der Waals surface area contributed by atoms with Gasteiger partial charge >= 0.3 is 6.09 Å². The van der Waals surface area contributed by atoms with Crippen LogP contribution in [-0.2, 0) is 20.6 Å². The Balaban J connectivity index is 1.68. The maximum atomic E-state index is 13.5. The second-order valence-corrected chi connectivity index (χ2v) is 16.8. The Kier molecular flexibility index (Phi) is 8.11. The predicted molar refractivity (Wildman–Crippen MR) is 147 cm³/mol. The van der Waals surface area contributed by atoms with Crippen LogP contribution in [0, 0.1) is 0 Å². The number of rotatable bonds is 5. The zero-order valence-electron chi connectivity index (χ0n) is 20.6. The molecule has 2 aromatic rings. The van der Waals surface area contributed by atoms with Gasteiger partial charge in [0.15, 0.2) is 8.43 Å². The van der Waals surface area contributed by atoms with Gasteiger partial charge in [0.25, 0.3) is 0 Å². The number of alkyl halides is 3. The summed E-state index contributed by atoms with van der Waals surface area (Å²) in [6.07, 6.45) is 2.98. The molecule has 0 aliphatic carbocycles. The minimum atomic E-state index is -0.658. The standard InChI is InChI=1S/C25H31Br3N2O5/c1-24(2,3)35-23(31)30-20-12-16(32-4)7-8-17(20)18-10-11-29-13-15(6-9-19(29)21(18)30)14-34-22(33-5)25(26,27)28/h6-8,12,19,22H,9-11,13-14H2,1-5H3. The molecule has 10 heteroatoms. The molecule has 1 aromatic carbocycles. The molecule has 0 radical (unpaired) electrons. The monoisotopic (exact) mass is 676 g/mol. The first-order chi connectivity index (χ1) is 16.4. The molecule has 2 aliphatic heterocycles. The number of benzene rings is 1. The van der Waals surface area contributed by atoms with Crippen molar-refractivity contribution in [2.45, 2.75) is 53.7 Å². The first-order valence-electron chi connectivity index (χ1n) is 11.5. The molecule has 35 heavy (non-hydrogen) atoms. The van der Waals surface area contributed by atoms with Crippen molar-refractivity contribution in [3.8, 4) is 5.75 Å². The molecule has 2 unspecified atom stereocenters. The van der Waals surface area contributed by atoms with Gasteiger partial charge in [0.1, 0.15) is 11.4 Å². The first-order valence-corrected chi connectivity index (χ1v) is 13.9.